The first-order valence-corrected chi connectivity index (χ1v) is 9.22. The molecule has 6 rings (SSSR count). The van der Waals surface area contributed by atoms with Gasteiger partial charge in [-0.1, -0.05) is 0 Å². The van der Waals surface area contributed by atoms with Gasteiger partial charge >= 0.3 is 0 Å². The zero-order valence-corrected chi connectivity index (χ0v) is 15.0. The van der Waals surface area contributed by atoms with Gasteiger partial charge in [0, 0.05) is 41.5 Å². The van der Waals surface area contributed by atoms with E-state index in [2.05, 4.69) is 25.5 Å². The lowest BCUT2D eigenvalue weighted by Crippen LogP contribution is -2.10. The molecule has 29 heavy (non-hydrogen) atoms. The molecule has 4 aromatic rings. The van der Waals surface area contributed by atoms with Gasteiger partial charge in [0.15, 0.2) is 5.65 Å². The van der Waals surface area contributed by atoms with Crippen molar-refractivity contribution in [3.05, 3.63) is 65.9 Å². The van der Waals surface area contributed by atoms with Gasteiger partial charge in [0.2, 0.25) is 11.9 Å². The minimum Gasteiger partial charge on any atom is -0.489 e. The summed E-state index contributed by atoms with van der Waals surface area (Å²) in [4.78, 5) is 8.07. The lowest BCUT2D eigenvalue weighted by molar-refractivity contribution is 0.318. The summed E-state index contributed by atoms with van der Waals surface area (Å²) < 4.78 is 36.0. The van der Waals surface area contributed by atoms with E-state index in [1.807, 2.05) is 0 Å². The van der Waals surface area contributed by atoms with Gasteiger partial charge in [-0.05, 0) is 30.7 Å². The highest BCUT2D eigenvalue weighted by molar-refractivity contribution is 5.77. The SMILES string of the molecule is Fc1ccc2c(c1CNc1ncc(-c3cccnc3F)c3nncn13)[C@H]1CC1O2. The average Bonchev–Trinajstić information content (AvgIpc) is 3.14. The number of benzene rings is 1. The van der Waals surface area contributed by atoms with Crippen LogP contribution in [0.1, 0.15) is 23.5 Å². The predicted octanol–water partition coefficient (Wildman–Crippen LogP) is 3.32. The van der Waals surface area contributed by atoms with Crippen LogP contribution >= 0.6 is 0 Å². The van der Waals surface area contributed by atoms with Crippen molar-refractivity contribution in [2.24, 2.45) is 0 Å². The first-order valence-electron chi connectivity index (χ1n) is 9.22. The number of nitrogens with zero attached hydrogens (tertiary/aromatic N) is 5. The van der Waals surface area contributed by atoms with Gasteiger partial charge in [0.1, 0.15) is 24.0 Å². The van der Waals surface area contributed by atoms with E-state index in [-0.39, 0.29) is 29.9 Å². The van der Waals surface area contributed by atoms with Crippen molar-refractivity contribution in [3.8, 4) is 16.9 Å². The summed E-state index contributed by atoms with van der Waals surface area (Å²) in [5.41, 5.74) is 2.71. The van der Waals surface area contributed by atoms with E-state index in [1.165, 1.54) is 24.8 Å². The van der Waals surface area contributed by atoms with Crippen LogP contribution in [0.3, 0.4) is 0 Å². The second kappa shape index (κ2) is 5.94. The molecule has 1 unspecified atom stereocenters. The maximum absolute atomic E-state index is 14.5. The summed E-state index contributed by atoms with van der Waals surface area (Å²) in [6.45, 7) is 0.239. The molecule has 0 saturated heterocycles. The Bertz CT molecular complexity index is 1270. The number of hydrogen-bond acceptors (Lipinski definition) is 6. The molecular weight excluding hydrogens is 378 g/mol. The molecule has 1 aliphatic carbocycles. The molecule has 1 N–H and O–H groups in total. The van der Waals surface area contributed by atoms with Crippen LogP contribution in [0.4, 0.5) is 14.7 Å². The van der Waals surface area contributed by atoms with Crippen LogP contribution in [0.2, 0.25) is 0 Å². The molecule has 0 amide bonds. The molecule has 144 valence electrons. The molecule has 2 atom stereocenters. The van der Waals surface area contributed by atoms with Gasteiger partial charge in [-0.25, -0.2) is 14.4 Å². The zero-order chi connectivity index (χ0) is 19.5. The van der Waals surface area contributed by atoms with Crippen LogP contribution in [0, 0.1) is 11.8 Å². The van der Waals surface area contributed by atoms with E-state index in [1.54, 1.807) is 22.6 Å². The van der Waals surface area contributed by atoms with Crippen molar-refractivity contribution in [1.29, 1.82) is 0 Å². The fourth-order valence-electron chi connectivity index (χ4n) is 3.97. The van der Waals surface area contributed by atoms with E-state index >= 15 is 0 Å². The van der Waals surface area contributed by atoms with Gasteiger partial charge in [-0.2, -0.15) is 4.39 Å². The van der Waals surface area contributed by atoms with Crippen molar-refractivity contribution in [3.63, 3.8) is 0 Å². The maximum atomic E-state index is 14.5. The molecule has 1 aromatic carbocycles. The number of halogens is 2. The Morgan fingerprint density at radius 3 is 3.00 bits per heavy atom. The largest absolute Gasteiger partial charge is 0.489 e. The Morgan fingerprint density at radius 2 is 2.10 bits per heavy atom. The third-order valence-electron chi connectivity index (χ3n) is 5.45. The fourth-order valence-corrected chi connectivity index (χ4v) is 3.97. The number of hydrogen-bond donors (Lipinski definition) is 1. The fraction of sp³-hybridized carbons (Fsp3) is 0.200. The second-order valence-electron chi connectivity index (χ2n) is 7.15. The van der Waals surface area contributed by atoms with Crippen LogP contribution in [-0.4, -0.2) is 30.7 Å². The van der Waals surface area contributed by atoms with Gasteiger partial charge < -0.3 is 10.1 Å². The minimum atomic E-state index is -0.610. The number of aromatic nitrogens is 5. The molecule has 1 saturated carbocycles. The number of nitrogens with one attached hydrogen (secondary N) is 1. The molecule has 1 aliphatic heterocycles. The molecule has 7 nitrogen and oxygen atoms in total. The zero-order valence-electron chi connectivity index (χ0n) is 15.0. The second-order valence-corrected chi connectivity index (χ2v) is 7.15. The molecular formula is C20H14F2N6O. The Hall–Kier alpha value is -3.62. The number of rotatable bonds is 4. The van der Waals surface area contributed by atoms with Gasteiger partial charge in [0.05, 0.1) is 5.56 Å². The summed E-state index contributed by atoms with van der Waals surface area (Å²) in [5, 5.41) is 11.2. The molecule has 4 heterocycles. The van der Waals surface area contributed by atoms with Crippen molar-refractivity contribution in [2.45, 2.75) is 25.0 Å². The van der Waals surface area contributed by atoms with E-state index in [9.17, 15) is 8.78 Å². The third-order valence-corrected chi connectivity index (χ3v) is 5.45. The molecule has 2 aliphatic rings. The van der Waals surface area contributed by atoms with E-state index < -0.39 is 5.95 Å². The Balaban J connectivity index is 1.37. The summed E-state index contributed by atoms with van der Waals surface area (Å²) in [6.07, 6.45) is 5.49. The number of anilines is 1. The van der Waals surface area contributed by atoms with Crippen LogP contribution in [0.25, 0.3) is 16.8 Å². The molecule has 3 aromatic heterocycles. The van der Waals surface area contributed by atoms with Crippen LogP contribution < -0.4 is 10.1 Å². The normalized spacial score (nSPS) is 19.0. The predicted molar refractivity (Wildman–Crippen MR) is 99.5 cm³/mol. The smallest absolute Gasteiger partial charge is 0.220 e. The molecule has 0 bridgehead atoms. The van der Waals surface area contributed by atoms with Crippen LogP contribution in [-0.2, 0) is 6.54 Å². The summed E-state index contributed by atoms with van der Waals surface area (Å²) in [6, 6.07) is 6.36. The first kappa shape index (κ1) is 16.3. The Morgan fingerprint density at radius 1 is 1.17 bits per heavy atom. The van der Waals surface area contributed by atoms with E-state index in [0.29, 0.717) is 22.7 Å². The van der Waals surface area contributed by atoms with Crippen molar-refractivity contribution in [2.75, 3.05) is 5.32 Å². The topological polar surface area (TPSA) is 77.2 Å². The number of fused-ring (bicyclic) bond motifs is 4. The Kier molecular flexibility index (Phi) is 3.35. The summed E-state index contributed by atoms with van der Waals surface area (Å²) >= 11 is 0. The van der Waals surface area contributed by atoms with Crippen LogP contribution in [0.15, 0.2) is 43.0 Å². The standard InChI is InChI=1S/C20H14F2N6O/c21-14-3-4-15-17(11-6-16(11)29-15)13(14)8-25-20-24-7-12(19-27-26-9-28(19)20)10-2-1-5-23-18(10)22/h1-5,7,9,11,16H,6,8H2,(H,24,25)/t11-,16?/m0/s1. The highest BCUT2D eigenvalue weighted by atomic mass is 19.1. The molecule has 9 heteroatoms. The lowest BCUT2D eigenvalue weighted by Gasteiger charge is -2.13. The quantitative estimate of drug-likeness (QED) is 0.537. The van der Waals surface area contributed by atoms with E-state index in [0.717, 1.165) is 17.7 Å². The first-order chi connectivity index (χ1) is 14.2. The molecule has 0 spiro atoms. The monoisotopic (exact) mass is 392 g/mol. The average molecular weight is 392 g/mol. The highest BCUT2D eigenvalue weighted by Crippen LogP contribution is 2.55. The third kappa shape index (κ3) is 2.47. The van der Waals surface area contributed by atoms with Gasteiger partial charge in [-0.3, -0.25) is 4.40 Å². The number of pyridine rings is 1. The molecule has 0 radical (unpaired) electrons. The maximum Gasteiger partial charge on any atom is 0.220 e. The number of ether oxygens (including phenoxy) is 1. The summed E-state index contributed by atoms with van der Waals surface area (Å²) in [5.74, 6) is 0.578. The Labute approximate surface area is 163 Å². The van der Waals surface area contributed by atoms with Gasteiger partial charge in [0.25, 0.3) is 0 Å². The van der Waals surface area contributed by atoms with Crippen molar-refractivity contribution < 1.29 is 13.5 Å². The van der Waals surface area contributed by atoms with Gasteiger partial charge in [-0.15, -0.1) is 10.2 Å². The highest BCUT2D eigenvalue weighted by Gasteiger charge is 2.49. The molecule has 1 fully saturated rings. The van der Waals surface area contributed by atoms with Crippen molar-refractivity contribution >= 4 is 11.6 Å². The lowest BCUT2D eigenvalue weighted by atomic mass is 10.0. The van der Waals surface area contributed by atoms with Crippen molar-refractivity contribution in [1.82, 2.24) is 24.6 Å². The van der Waals surface area contributed by atoms with Crippen LogP contribution in [0.5, 0.6) is 5.75 Å². The summed E-state index contributed by atoms with van der Waals surface area (Å²) in [7, 11) is 0. The van der Waals surface area contributed by atoms with E-state index in [4.69, 9.17) is 4.74 Å². The minimum absolute atomic E-state index is 0.182.